The summed E-state index contributed by atoms with van der Waals surface area (Å²) in [6, 6.07) is 5.65. The number of halogens is 1. The van der Waals surface area contributed by atoms with Crippen molar-refractivity contribution < 1.29 is 4.79 Å². The Kier molecular flexibility index (Phi) is 5.90. The lowest BCUT2D eigenvalue weighted by Crippen LogP contribution is -2.31. The van der Waals surface area contributed by atoms with Gasteiger partial charge in [0, 0.05) is 23.8 Å². The molecule has 1 aromatic heterocycles. The SMILES string of the molecule is Cc1ccc(Nc2cnc(C(=O)NCCN(C)C)cn2)cc1Cl. The summed E-state index contributed by atoms with van der Waals surface area (Å²) in [4.78, 5) is 22.2. The Morgan fingerprint density at radius 1 is 1.26 bits per heavy atom. The van der Waals surface area contributed by atoms with Gasteiger partial charge in [0.15, 0.2) is 0 Å². The molecule has 2 N–H and O–H groups in total. The van der Waals surface area contributed by atoms with Crippen molar-refractivity contribution in [1.82, 2.24) is 20.2 Å². The van der Waals surface area contributed by atoms with E-state index in [0.717, 1.165) is 17.8 Å². The molecule has 0 atom stereocenters. The highest BCUT2D eigenvalue weighted by Crippen LogP contribution is 2.22. The molecule has 0 aliphatic rings. The topological polar surface area (TPSA) is 70.2 Å². The first kappa shape index (κ1) is 17.2. The van der Waals surface area contributed by atoms with E-state index < -0.39 is 0 Å². The molecular weight excluding hydrogens is 314 g/mol. The Labute approximate surface area is 140 Å². The van der Waals surface area contributed by atoms with Crippen LogP contribution < -0.4 is 10.6 Å². The van der Waals surface area contributed by atoms with E-state index in [0.29, 0.717) is 17.4 Å². The molecule has 1 amide bonds. The first-order valence-electron chi connectivity index (χ1n) is 7.24. The third kappa shape index (κ3) is 5.19. The molecule has 0 radical (unpaired) electrons. The zero-order valence-electron chi connectivity index (χ0n) is 13.4. The van der Waals surface area contributed by atoms with Gasteiger partial charge in [-0.25, -0.2) is 9.97 Å². The van der Waals surface area contributed by atoms with E-state index in [-0.39, 0.29) is 11.6 Å². The molecule has 0 aliphatic carbocycles. The summed E-state index contributed by atoms with van der Waals surface area (Å²) in [5, 5.41) is 6.57. The Morgan fingerprint density at radius 3 is 2.65 bits per heavy atom. The predicted octanol–water partition coefficient (Wildman–Crippen LogP) is 2.47. The van der Waals surface area contributed by atoms with Crippen LogP contribution in [0.25, 0.3) is 0 Å². The number of anilines is 2. The quantitative estimate of drug-likeness (QED) is 0.850. The highest BCUT2D eigenvalue weighted by molar-refractivity contribution is 6.31. The number of carbonyl (C=O) groups is 1. The summed E-state index contributed by atoms with van der Waals surface area (Å²) in [6.07, 6.45) is 2.97. The minimum Gasteiger partial charge on any atom is -0.349 e. The van der Waals surface area contributed by atoms with Gasteiger partial charge >= 0.3 is 0 Å². The smallest absolute Gasteiger partial charge is 0.271 e. The Morgan fingerprint density at radius 2 is 2.04 bits per heavy atom. The fourth-order valence-electron chi connectivity index (χ4n) is 1.81. The zero-order valence-corrected chi connectivity index (χ0v) is 14.2. The molecule has 0 spiro atoms. The highest BCUT2D eigenvalue weighted by atomic mass is 35.5. The monoisotopic (exact) mass is 333 g/mol. The molecule has 0 fully saturated rings. The molecule has 122 valence electrons. The molecule has 2 rings (SSSR count). The van der Waals surface area contributed by atoms with Gasteiger partial charge in [-0.05, 0) is 38.7 Å². The van der Waals surface area contributed by atoms with Crippen molar-refractivity contribution in [2.45, 2.75) is 6.92 Å². The average Bonchev–Trinajstić information content (AvgIpc) is 2.51. The molecule has 23 heavy (non-hydrogen) atoms. The number of amides is 1. The summed E-state index contributed by atoms with van der Waals surface area (Å²) < 4.78 is 0. The fraction of sp³-hybridized carbons (Fsp3) is 0.312. The molecule has 7 heteroatoms. The maximum absolute atomic E-state index is 11.9. The van der Waals surface area contributed by atoms with Gasteiger partial charge in [0.05, 0.1) is 12.4 Å². The van der Waals surface area contributed by atoms with Crippen molar-refractivity contribution in [2.24, 2.45) is 0 Å². The van der Waals surface area contributed by atoms with Crippen molar-refractivity contribution in [3.05, 3.63) is 46.9 Å². The van der Waals surface area contributed by atoms with E-state index >= 15 is 0 Å². The highest BCUT2D eigenvalue weighted by Gasteiger charge is 2.08. The Bertz CT molecular complexity index is 673. The maximum Gasteiger partial charge on any atom is 0.271 e. The van der Waals surface area contributed by atoms with Crippen LogP contribution in [0.2, 0.25) is 5.02 Å². The predicted molar refractivity (Wildman–Crippen MR) is 92.4 cm³/mol. The van der Waals surface area contributed by atoms with Crippen LogP contribution in [0.4, 0.5) is 11.5 Å². The molecule has 2 aromatic rings. The van der Waals surface area contributed by atoms with Crippen LogP contribution in [0, 0.1) is 6.92 Å². The van der Waals surface area contributed by atoms with E-state index in [1.807, 2.05) is 44.1 Å². The normalized spacial score (nSPS) is 10.7. The lowest BCUT2D eigenvalue weighted by molar-refractivity contribution is 0.0945. The van der Waals surface area contributed by atoms with Gasteiger partial charge in [-0.3, -0.25) is 4.79 Å². The largest absolute Gasteiger partial charge is 0.349 e. The lowest BCUT2D eigenvalue weighted by atomic mass is 10.2. The van der Waals surface area contributed by atoms with Crippen LogP contribution in [0.15, 0.2) is 30.6 Å². The minimum absolute atomic E-state index is 0.232. The number of aryl methyl sites for hydroxylation is 1. The second kappa shape index (κ2) is 7.89. The number of likely N-dealkylation sites (N-methyl/N-ethyl adjacent to an activating group) is 1. The summed E-state index contributed by atoms with van der Waals surface area (Å²) in [5.41, 5.74) is 2.11. The molecule has 0 bridgehead atoms. The first-order chi connectivity index (χ1) is 11.0. The standard InChI is InChI=1S/C16H20ClN5O/c1-11-4-5-12(8-13(11)17)21-15-10-19-14(9-20-15)16(23)18-6-7-22(2)3/h4-5,8-10H,6-7H2,1-3H3,(H,18,23)(H,20,21). The lowest BCUT2D eigenvalue weighted by Gasteiger charge is -2.10. The van der Waals surface area contributed by atoms with E-state index in [1.54, 1.807) is 0 Å². The number of hydrogen-bond donors (Lipinski definition) is 2. The second-order valence-electron chi connectivity index (χ2n) is 5.44. The molecule has 0 saturated carbocycles. The minimum atomic E-state index is -0.232. The van der Waals surface area contributed by atoms with Gasteiger partial charge in [0.2, 0.25) is 0 Å². The van der Waals surface area contributed by atoms with Crippen LogP contribution in [0.5, 0.6) is 0 Å². The second-order valence-corrected chi connectivity index (χ2v) is 5.84. The molecular formula is C16H20ClN5O. The van der Waals surface area contributed by atoms with Crippen LogP contribution in [-0.4, -0.2) is 48.0 Å². The van der Waals surface area contributed by atoms with Gasteiger partial charge in [-0.15, -0.1) is 0 Å². The molecule has 0 aliphatic heterocycles. The number of nitrogens with one attached hydrogen (secondary N) is 2. The summed E-state index contributed by atoms with van der Waals surface area (Å²) in [6.45, 7) is 3.28. The van der Waals surface area contributed by atoms with Crippen molar-refractivity contribution >= 4 is 29.0 Å². The molecule has 0 saturated heterocycles. The van der Waals surface area contributed by atoms with Crippen molar-refractivity contribution in [1.29, 1.82) is 0 Å². The molecule has 0 unspecified atom stereocenters. The molecule has 1 heterocycles. The van der Waals surface area contributed by atoms with Gasteiger partial charge in [0.1, 0.15) is 11.5 Å². The average molecular weight is 334 g/mol. The first-order valence-corrected chi connectivity index (χ1v) is 7.61. The van der Waals surface area contributed by atoms with E-state index in [9.17, 15) is 4.79 Å². The van der Waals surface area contributed by atoms with Crippen molar-refractivity contribution in [3.63, 3.8) is 0 Å². The van der Waals surface area contributed by atoms with Crippen LogP contribution in [0.3, 0.4) is 0 Å². The summed E-state index contributed by atoms with van der Waals surface area (Å²) in [5.74, 6) is 0.319. The zero-order chi connectivity index (χ0) is 16.8. The van der Waals surface area contributed by atoms with E-state index in [4.69, 9.17) is 11.6 Å². The number of benzene rings is 1. The van der Waals surface area contributed by atoms with Crippen LogP contribution in [0.1, 0.15) is 16.1 Å². The number of hydrogen-bond acceptors (Lipinski definition) is 5. The van der Waals surface area contributed by atoms with Crippen LogP contribution in [-0.2, 0) is 0 Å². The number of nitrogens with zero attached hydrogens (tertiary/aromatic N) is 3. The third-order valence-corrected chi connectivity index (χ3v) is 3.58. The van der Waals surface area contributed by atoms with Crippen LogP contribution >= 0.6 is 11.6 Å². The molecule has 1 aromatic carbocycles. The van der Waals surface area contributed by atoms with Crippen molar-refractivity contribution in [2.75, 3.05) is 32.5 Å². The van der Waals surface area contributed by atoms with E-state index in [1.165, 1.54) is 12.4 Å². The third-order valence-electron chi connectivity index (χ3n) is 3.17. The van der Waals surface area contributed by atoms with E-state index in [2.05, 4.69) is 20.6 Å². The fourth-order valence-corrected chi connectivity index (χ4v) is 1.99. The summed E-state index contributed by atoms with van der Waals surface area (Å²) in [7, 11) is 3.90. The van der Waals surface area contributed by atoms with Crippen molar-refractivity contribution in [3.8, 4) is 0 Å². The summed E-state index contributed by atoms with van der Waals surface area (Å²) >= 11 is 6.09. The maximum atomic E-state index is 11.9. The number of aromatic nitrogens is 2. The van der Waals surface area contributed by atoms with Gasteiger partial charge in [0.25, 0.3) is 5.91 Å². The number of carbonyl (C=O) groups excluding carboxylic acids is 1. The van der Waals surface area contributed by atoms with Gasteiger partial charge < -0.3 is 15.5 Å². The Hall–Kier alpha value is -2.18. The van der Waals surface area contributed by atoms with Gasteiger partial charge in [-0.2, -0.15) is 0 Å². The molecule has 6 nitrogen and oxygen atoms in total. The number of rotatable bonds is 6. The van der Waals surface area contributed by atoms with Gasteiger partial charge in [-0.1, -0.05) is 17.7 Å². The Balaban J connectivity index is 1.96.